The van der Waals surface area contributed by atoms with Gasteiger partial charge < -0.3 is 9.26 Å². The van der Waals surface area contributed by atoms with E-state index in [1.807, 2.05) is 20.8 Å². The van der Waals surface area contributed by atoms with Gasteiger partial charge in [-0.15, -0.1) is 10.2 Å². The molecule has 4 rings (SSSR count). The van der Waals surface area contributed by atoms with Crippen molar-refractivity contribution in [2.24, 2.45) is 7.05 Å². The Morgan fingerprint density at radius 2 is 2.11 bits per heavy atom. The minimum Gasteiger partial charge on any atom is -0.468 e. The van der Waals surface area contributed by atoms with Crippen LogP contribution >= 0.6 is 0 Å². The maximum absolute atomic E-state index is 12.6. The second-order valence-electron chi connectivity index (χ2n) is 7.48. The van der Waals surface area contributed by atoms with E-state index in [2.05, 4.69) is 30.5 Å². The predicted octanol–water partition coefficient (Wildman–Crippen LogP) is 1.39. The largest absolute Gasteiger partial charge is 0.468 e. The minimum atomic E-state index is -0.414. The van der Waals surface area contributed by atoms with Crippen molar-refractivity contribution in [1.82, 2.24) is 39.7 Å². The Kier molecular flexibility index (Phi) is 4.02. The Bertz CT molecular complexity index is 1210. The molecule has 11 heteroatoms. The topological polar surface area (TPSA) is 129 Å². The fraction of sp³-hybridized carbons (Fsp3) is 0.412. The molecule has 0 bridgehead atoms. The highest BCUT2D eigenvalue weighted by Crippen LogP contribution is 2.34. The van der Waals surface area contributed by atoms with Crippen molar-refractivity contribution in [2.75, 3.05) is 0 Å². The Hall–Kier alpha value is -3.50. The van der Waals surface area contributed by atoms with Crippen molar-refractivity contribution in [1.29, 1.82) is 0 Å². The summed E-state index contributed by atoms with van der Waals surface area (Å²) < 4.78 is 14.1. The zero-order valence-corrected chi connectivity index (χ0v) is 16.2. The number of aromatic amines is 1. The maximum atomic E-state index is 12.6. The molecule has 0 spiro atoms. The lowest BCUT2D eigenvalue weighted by atomic mass is 9.87. The smallest absolute Gasteiger partial charge is 0.290 e. The van der Waals surface area contributed by atoms with E-state index in [1.165, 1.54) is 10.8 Å². The lowest BCUT2D eigenvalue weighted by molar-refractivity contribution is 0.270. The van der Waals surface area contributed by atoms with Crippen LogP contribution in [0.3, 0.4) is 0 Å². The van der Waals surface area contributed by atoms with Crippen molar-refractivity contribution in [3.8, 4) is 17.4 Å². The summed E-state index contributed by atoms with van der Waals surface area (Å²) in [6.45, 7) is 7.89. The first-order chi connectivity index (χ1) is 13.3. The molecule has 0 aliphatic rings. The first kappa shape index (κ1) is 17.9. The van der Waals surface area contributed by atoms with Crippen LogP contribution in [0, 0.1) is 6.92 Å². The highest BCUT2D eigenvalue weighted by atomic mass is 16.5. The third kappa shape index (κ3) is 2.94. The van der Waals surface area contributed by atoms with Gasteiger partial charge in [0.1, 0.15) is 24.2 Å². The normalized spacial score (nSPS) is 12.0. The zero-order valence-electron chi connectivity index (χ0n) is 16.2. The molecule has 4 aromatic rings. The highest BCUT2D eigenvalue weighted by molar-refractivity contribution is 5.64. The average molecular weight is 384 g/mol. The van der Waals surface area contributed by atoms with Crippen molar-refractivity contribution < 1.29 is 9.26 Å². The molecular weight excluding hydrogens is 364 g/mol. The minimum absolute atomic E-state index is 0.160. The van der Waals surface area contributed by atoms with Crippen LogP contribution in [0.1, 0.15) is 37.9 Å². The zero-order chi connectivity index (χ0) is 20.1. The van der Waals surface area contributed by atoms with Gasteiger partial charge in [-0.2, -0.15) is 5.10 Å². The van der Waals surface area contributed by atoms with E-state index in [9.17, 15) is 4.79 Å². The number of nitrogens with zero attached hydrogens (tertiary/aromatic N) is 7. The fourth-order valence-corrected chi connectivity index (χ4v) is 2.96. The number of H-pyrrole nitrogens is 1. The second-order valence-corrected chi connectivity index (χ2v) is 7.48. The Balaban J connectivity index is 1.90. The molecule has 0 saturated carbocycles. The van der Waals surface area contributed by atoms with Crippen molar-refractivity contribution >= 4 is 5.52 Å². The van der Waals surface area contributed by atoms with Crippen LogP contribution in [0.4, 0.5) is 0 Å². The molecule has 0 unspecified atom stereocenters. The first-order valence-electron chi connectivity index (χ1n) is 8.67. The van der Waals surface area contributed by atoms with Crippen LogP contribution in [-0.2, 0) is 19.1 Å². The molecule has 28 heavy (non-hydrogen) atoms. The number of nitrogens with one attached hydrogen (secondary N) is 1. The molecule has 0 saturated heterocycles. The van der Waals surface area contributed by atoms with Gasteiger partial charge in [-0.3, -0.25) is 9.48 Å². The van der Waals surface area contributed by atoms with Crippen molar-refractivity contribution in [3.63, 3.8) is 0 Å². The molecule has 0 aliphatic carbocycles. The van der Waals surface area contributed by atoms with E-state index in [0.717, 1.165) is 0 Å². The molecular formula is C17H20N8O3. The summed E-state index contributed by atoms with van der Waals surface area (Å²) in [6.07, 6.45) is 1.45. The van der Waals surface area contributed by atoms with E-state index >= 15 is 0 Å². The van der Waals surface area contributed by atoms with Crippen molar-refractivity contribution in [2.45, 2.75) is 39.7 Å². The SMILES string of the molecule is Cc1cc(-c2n[nH]c(=O)c3c(C(C)(C)C)c(OCc4ncnn4C)nn23)no1. The van der Waals surface area contributed by atoms with Crippen LogP contribution in [0.2, 0.25) is 0 Å². The summed E-state index contributed by atoms with van der Waals surface area (Å²) in [5.74, 6) is 1.94. The van der Waals surface area contributed by atoms with Crippen LogP contribution in [0.25, 0.3) is 17.0 Å². The number of hydrogen-bond donors (Lipinski definition) is 1. The molecule has 0 amide bonds. The van der Waals surface area contributed by atoms with E-state index in [1.54, 1.807) is 24.7 Å². The van der Waals surface area contributed by atoms with Gasteiger partial charge in [0, 0.05) is 13.1 Å². The van der Waals surface area contributed by atoms with Gasteiger partial charge in [-0.25, -0.2) is 14.6 Å². The molecule has 146 valence electrons. The third-order valence-corrected chi connectivity index (χ3v) is 4.28. The van der Waals surface area contributed by atoms with Crippen LogP contribution < -0.4 is 10.3 Å². The number of rotatable bonds is 4. The highest BCUT2D eigenvalue weighted by Gasteiger charge is 2.30. The monoisotopic (exact) mass is 384 g/mol. The van der Waals surface area contributed by atoms with Gasteiger partial charge in [-0.05, 0) is 12.3 Å². The van der Waals surface area contributed by atoms with Crippen molar-refractivity contribution in [3.05, 3.63) is 39.9 Å². The number of fused-ring (bicyclic) bond motifs is 1. The van der Waals surface area contributed by atoms with E-state index in [4.69, 9.17) is 9.26 Å². The average Bonchev–Trinajstić information content (AvgIpc) is 3.31. The maximum Gasteiger partial charge on any atom is 0.290 e. The standard InChI is InChI=1S/C17H20N8O3/c1-9-6-10(23-28-9)14-20-21-15(26)13-12(17(2,3)4)16(22-25(13)14)27-7-11-18-8-19-24(11)5/h6,8H,7H2,1-5H3,(H,21,26). The summed E-state index contributed by atoms with van der Waals surface area (Å²) in [6, 6.07) is 1.72. The van der Waals surface area contributed by atoms with Crippen LogP contribution in [0.5, 0.6) is 5.88 Å². The number of aryl methyl sites for hydroxylation is 2. The molecule has 0 aliphatic heterocycles. The van der Waals surface area contributed by atoms with Gasteiger partial charge in [0.15, 0.2) is 11.5 Å². The van der Waals surface area contributed by atoms with Gasteiger partial charge in [0.2, 0.25) is 11.7 Å². The van der Waals surface area contributed by atoms with Gasteiger partial charge in [0.05, 0.1) is 5.56 Å². The van der Waals surface area contributed by atoms with Crippen LogP contribution in [0.15, 0.2) is 21.7 Å². The summed E-state index contributed by atoms with van der Waals surface area (Å²) in [4.78, 5) is 16.8. The Morgan fingerprint density at radius 3 is 2.71 bits per heavy atom. The van der Waals surface area contributed by atoms with Gasteiger partial charge in [-0.1, -0.05) is 25.9 Å². The molecule has 11 nitrogen and oxygen atoms in total. The lowest BCUT2D eigenvalue weighted by Gasteiger charge is -2.18. The summed E-state index contributed by atoms with van der Waals surface area (Å²) in [5, 5.41) is 19.2. The molecule has 0 atom stereocenters. The molecule has 0 fully saturated rings. The Morgan fingerprint density at radius 1 is 1.32 bits per heavy atom. The van der Waals surface area contributed by atoms with Gasteiger partial charge in [0.25, 0.3) is 5.56 Å². The summed E-state index contributed by atoms with van der Waals surface area (Å²) in [5.41, 5.74) is 0.699. The van der Waals surface area contributed by atoms with Crippen LogP contribution in [-0.4, -0.2) is 39.7 Å². The molecule has 4 heterocycles. The first-order valence-corrected chi connectivity index (χ1v) is 8.67. The predicted molar refractivity (Wildman–Crippen MR) is 97.9 cm³/mol. The molecule has 1 N–H and O–H groups in total. The number of aromatic nitrogens is 8. The molecule has 0 radical (unpaired) electrons. The molecule has 4 aromatic heterocycles. The summed E-state index contributed by atoms with van der Waals surface area (Å²) >= 11 is 0. The van der Waals surface area contributed by atoms with E-state index in [-0.39, 0.29) is 12.2 Å². The third-order valence-electron chi connectivity index (χ3n) is 4.28. The quantitative estimate of drug-likeness (QED) is 0.559. The van der Waals surface area contributed by atoms with E-state index in [0.29, 0.717) is 40.1 Å². The van der Waals surface area contributed by atoms with E-state index < -0.39 is 5.41 Å². The molecule has 0 aromatic carbocycles. The second kappa shape index (κ2) is 6.29. The number of ether oxygens (including phenoxy) is 1. The lowest BCUT2D eigenvalue weighted by Crippen LogP contribution is -2.20. The fourth-order valence-electron chi connectivity index (χ4n) is 2.96. The number of hydrogen-bond acceptors (Lipinski definition) is 8. The summed E-state index contributed by atoms with van der Waals surface area (Å²) in [7, 11) is 1.78. The Labute approximate surface area is 159 Å². The van der Waals surface area contributed by atoms with Gasteiger partial charge >= 0.3 is 0 Å².